The summed E-state index contributed by atoms with van der Waals surface area (Å²) < 4.78 is 33.6. The Balaban J connectivity index is 1.69. The third-order valence-electron chi connectivity index (χ3n) is 5.29. The van der Waals surface area contributed by atoms with Crippen molar-refractivity contribution in [3.05, 3.63) is 17.1 Å². The lowest BCUT2D eigenvalue weighted by molar-refractivity contribution is 0.288. The van der Waals surface area contributed by atoms with Gasteiger partial charge in [-0.1, -0.05) is 6.92 Å². The number of piperidine rings is 1. The molecule has 2 aromatic rings. The van der Waals surface area contributed by atoms with E-state index in [1.807, 2.05) is 0 Å². The van der Waals surface area contributed by atoms with Crippen LogP contribution in [0, 0.1) is 19.8 Å². The number of H-pyrrole nitrogens is 1. The number of rotatable bonds is 4. The Bertz CT molecular complexity index is 887. The summed E-state index contributed by atoms with van der Waals surface area (Å²) in [5, 5.41) is 8.21. The van der Waals surface area contributed by atoms with Crippen molar-refractivity contribution in [1.29, 1.82) is 0 Å². The molecule has 0 unspecified atom stereocenters. The highest BCUT2D eigenvalue weighted by molar-refractivity contribution is 7.89. The zero-order valence-electron chi connectivity index (χ0n) is 14.9. The van der Waals surface area contributed by atoms with E-state index in [2.05, 4.69) is 22.1 Å². The van der Waals surface area contributed by atoms with E-state index in [-0.39, 0.29) is 0 Å². The molecule has 1 N–H and O–H groups in total. The molecule has 0 atom stereocenters. The van der Waals surface area contributed by atoms with Crippen LogP contribution in [-0.2, 0) is 10.0 Å². The fourth-order valence-corrected chi connectivity index (χ4v) is 5.40. The number of aromatic nitrogens is 3. The zero-order chi connectivity index (χ0) is 17.8. The number of hydrogen-bond donors (Lipinski definition) is 1. The lowest BCUT2D eigenvalue weighted by Gasteiger charge is -2.29. The average molecular weight is 364 g/mol. The molecule has 2 fully saturated rings. The zero-order valence-corrected chi connectivity index (χ0v) is 15.7. The third kappa shape index (κ3) is 2.91. The molecule has 25 heavy (non-hydrogen) atoms. The van der Waals surface area contributed by atoms with Crippen LogP contribution in [0.3, 0.4) is 0 Å². The van der Waals surface area contributed by atoms with Gasteiger partial charge in [0.05, 0.1) is 0 Å². The number of nitrogens with zero attached hydrogens (tertiary/aromatic N) is 3. The maximum absolute atomic E-state index is 13.1. The number of sulfonamides is 1. The molecule has 0 spiro atoms. The maximum atomic E-state index is 13.1. The molecule has 2 aliphatic rings. The SMILES string of the molecule is Cc1[nH]c(-c2nnc(C3CC3)o2)c(C)c1S(=O)(=O)N1CCC(C)CC1. The first kappa shape index (κ1) is 16.8. The van der Waals surface area contributed by atoms with Gasteiger partial charge in [0.2, 0.25) is 15.9 Å². The first-order valence-corrected chi connectivity index (χ1v) is 10.3. The molecule has 1 aliphatic carbocycles. The standard InChI is InChI=1S/C17H24N4O3S/c1-10-6-8-21(9-7-10)25(22,23)15-11(2)14(18-12(15)3)17-20-19-16(24-17)13-4-5-13/h10,13,18H,4-9H2,1-3H3. The van der Waals surface area contributed by atoms with Crippen LogP contribution in [0.15, 0.2) is 9.31 Å². The van der Waals surface area contributed by atoms with Crippen molar-refractivity contribution in [3.8, 4) is 11.6 Å². The predicted molar refractivity (Wildman–Crippen MR) is 92.7 cm³/mol. The normalized spacial score (nSPS) is 20.3. The van der Waals surface area contributed by atoms with Gasteiger partial charge >= 0.3 is 0 Å². The fourth-order valence-electron chi connectivity index (χ4n) is 3.52. The number of aromatic amines is 1. The van der Waals surface area contributed by atoms with Crippen LogP contribution in [0.5, 0.6) is 0 Å². The largest absolute Gasteiger partial charge is 0.419 e. The van der Waals surface area contributed by atoms with Gasteiger partial charge in [0, 0.05) is 24.7 Å². The van der Waals surface area contributed by atoms with Gasteiger partial charge in [0.25, 0.3) is 5.89 Å². The predicted octanol–water partition coefficient (Wildman–Crippen LogP) is 2.98. The van der Waals surface area contributed by atoms with Gasteiger partial charge < -0.3 is 9.40 Å². The van der Waals surface area contributed by atoms with Gasteiger partial charge in [0.1, 0.15) is 10.6 Å². The van der Waals surface area contributed by atoms with E-state index in [0.29, 0.717) is 58.6 Å². The lowest BCUT2D eigenvalue weighted by Crippen LogP contribution is -2.38. The summed E-state index contributed by atoms with van der Waals surface area (Å²) in [5.41, 5.74) is 1.89. The molecule has 7 nitrogen and oxygen atoms in total. The van der Waals surface area contributed by atoms with Crippen molar-refractivity contribution in [2.75, 3.05) is 13.1 Å². The highest BCUT2D eigenvalue weighted by Gasteiger charge is 2.34. The monoisotopic (exact) mass is 364 g/mol. The van der Waals surface area contributed by atoms with E-state index in [1.54, 1.807) is 18.2 Å². The third-order valence-corrected chi connectivity index (χ3v) is 7.46. The molecule has 1 aliphatic heterocycles. The maximum Gasteiger partial charge on any atom is 0.264 e. The Morgan fingerprint density at radius 2 is 1.80 bits per heavy atom. The van der Waals surface area contributed by atoms with E-state index in [0.717, 1.165) is 25.7 Å². The average Bonchev–Trinajstić information content (AvgIpc) is 3.21. The van der Waals surface area contributed by atoms with E-state index >= 15 is 0 Å². The van der Waals surface area contributed by atoms with Crippen LogP contribution in [0.4, 0.5) is 0 Å². The smallest absolute Gasteiger partial charge is 0.264 e. The van der Waals surface area contributed by atoms with Crippen molar-refractivity contribution < 1.29 is 12.8 Å². The quantitative estimate of drug-likeness (QED) is 0.900. The second-order valence-electron chi connectivity index (χ2n) is 7.39. The Morgan fingerprint density at radius 1 is 1.12 bits per heavy atom. The summed E-state index contributed by atoms with van der Waals surface area (Å²) in [5.74, 6) is 1.97. The first-order valence-electron chi connectivity index (χ1n) is 8.91. The van der Waals surface area contributed by atoms with Gasteiger partial charge in [0.15, 0.2) is 0 Å². The number of hydrogen-bond acceptors (Lipinski definition) is 5. The number of aryl methyl sites for hydroxylation is 1. The van der Waals surface area contributed by atoms with E-state index in [9.17, 15) is 8.42 Å². The van der Waals surface area contributed by atoms with Gasteiger partial charge in [-0.3, -0.25) is 0 Å². The molecular weight excluding hydrogens is 340 g/mol. The van der Waals surface area contributed by atoms with Crippen LogP contribution < -0.4 is 0 Å². The van der Waals surface area contributed by atoms with Gasteiger partial charge in [-0.05, 0) is 51.0 Å². The van der Waals surface area contributed by atoms with Crippen LogP contribution in [0.1, 0.15) is 55.7 Å². The van der Waals surface area contributed by atoms with Gasteiger partial charge in [-0.15, -0.1) is 10.2 Å². The Hall–Kier alpha value is -1.67. The van der Waals surface area contributed by atoms with Crippen LogP contribution in [0.2, 0.25) is 0 Å². The summed E-state index contributed by atoms with van der Waals surface area (Å²) in [6, 6.07) is 0. The molecule has 1 saturated heterocycles. The topological polar surface area (TPSA) is 92.1 Å². The first-order chi connectivity index (χ1) is 11.9. The van der Waals surface area contributed by atoms with Crippen molar-refractivity contribution in [2.24, 2.45) is 5.92 Å². The molecule has 0 amide bonds. The fraction of sp³-hybridized carbons (Fsp3) is 0.647. The molecule has 4 rings (SSSR count). The summed E-state index contributed by atoms with van der Waals surface area (Å²) in [4.78, 5) is 3.50. The minimum absolute atomic E-state index is 0.350. The Kier molecular flexibility index (Phi) is 3.99. The van der Waals surface area contributed by atoms with Crippen molar-refractivity contribution >= 4 is 10.0 Å². The number of nitrogens with one attached hydrogen (secondary N) is 1. The summed E-state index contributed by atoms with van der Waals surface area (Å²) >= 11 is 0. The van der Waals surface area contributed by atoms with Gasteiger partial charge in [-0.2, -0.15) is 4.31 Å². The summed E-state index contributed by atoms with van der Waals surface area (Å²) in [7, 11) is -3.52. The highest BCUT2D eigenvalue weighted by atomic mass is 32.2. The molecule has 8 heteroatoms. The van der Waals surface area contributed by atoms with Crippen molar-refractivity contribution in [3.63, 3.8) is 0 Å². The summed E-state index contributed by atoms with van der Waals surface area (Å²) in [6.45, 7) is 6.92. The van der Waals surface area contributed by atoms with Crippen LogP contribution >= 0.6 is 0 Å². The summed E-state index contributed by atoms with van der Waals surface area (Å²) in [6.07, 6.45) is 3.97. The van der Waals surface area contributed by atoms with E-state index in [1.165, 1.54) is 0 Å². The Labute approximate surface area is 147 Å². The van der Waals surface area contributed by atoms with E-state index < -0.39 is 10.0 Å². The Morgan fingerprint density at radius 3 is 2.44 bits per heavy atom. The minimum Gasteiger partial charge on any atom is -0.419 e. The van der Waals surface area contributed by atoms with E-state index in [4.69, 9.17) is 4.42 Å². The van der Waals surface area contributed by atoms with Gasteiger partial charge in [-0.25, -0.2) is 8.42 Å². The second-order valence-corrected chi connectivity index (χ2v) is 9.26. The molecule has 0 radical (unpaired) electrons. The molecule has 0 bridgehead atoms. The minimum atomic E-state index is -3.52. The highest BCUT2D eigenvalue weighted by Crippen LogP contribution is 2.40. The molecule has 3 heterocycles. The molecule has 1 saturated carbocycles. The molecule has 2 aromatic heterocycles. The second kappa shape index (κ2) is 5.95. The molecule has 0 aromatic carbocycles. The molecular formula is C17H24N4O3S. The lowest BCUT2D eigenvalue weighted by atomic mass is 10.0. The van der Waals surface area contributed by atoms with Crippen LogP contribution in [0.25, 0.3) is 11.6 Å². The van der Waals surface area contributed by atoms with Crippen molar-refractivity contribution in [1.82, 2.24) is 19.5 Å². The molecule has 136 valence electrons. The van der Waals surface area contributed by atoms with Crippen molar-refractivity contribution in [2.45, 2.75) is 57.3 Å². The van der Waals surface area contributed by atoms with Crippen LogP contribution in [-0.4, -0.2) is 41.0 Å².